The van der Waals surface area contributed by atoms with Crippen LogP contribution in [0.1, 0.15) is 32.0 Å². The van der Waals surface area contributed by atoms with E-state index >= 15 is 0 Å². The van der Waals surface area contributed by atoms with Crippen LogP contribution in [0.15, 0.2) is 54.2 Å². The largest absolute Gasteiger partial charge is 0.325 e. The van der Waals surface area contributed by atoms with Crippen LogP contribution >= 0.6 is 11.3 Å². The Bertz CT molecular complexity index is 866. The predicted octanol–water partition coefficient (Wildman–Crippen LogP) is 4.68. The number of aromatic nitrogens is 2. The molecule has 1 amide bonds. The van der Waals surface area contributed by atoms with Crippen LogP contribution in [0.5, 0.6) is 0 Å². The van der Waals surface area contributed by atoms with Crippen molar-refractivity contribution in [2.75, 3.05) is 5.32 Å². The third-order valence-electron chi connectivity index (χ3n) is 3.81. The predicted molar refractivity (Wildman–Crippen MR) is 103 cm³/mol. The molecule has 2 aromatic heterocycles. The molecule has 0 spiro atoms. The quantitative estimate of drug-likeness (QED) is 0.742. The number of anilines is 1. The zero-order chi connectivity index (χ0) is 17.9. The van der Waals surface area contributed by atoms with Crippen molar-refractivity contribution in [2.45, 2.75) is 32.6 Å². The number of hydrogen-bond donors (Lipinski definition) is 1. The van der Waals surface area contributed by atoms with Gasteiger partial charge in [0.2, 0.25) is 5.91 Å². The number of para-hydroxylation sites is 1. The second-order valence-corrected chi connectivity index (χ2v) is 7.76. The molecule has 2 heterocycles. The van der Waals surface area contributed by atoms with Crippen LogP contribution in [0.2, 0.25) is 0 Å². The molecule has 3 aromatic rings. The van der Waals surface area contributed by atoms with Gasteiger partial charge in [0.1, 0.15) is 5.01 Å². The van der Waals surface area contributed by atoms with E-state index in [9.17, 15) is 4.79 Å². The number of nitrogens with one attached hydrogen (secondary N) is 1. The topological polar surface area (TPSA) is 54.9 Å². The van der Waals surface area contributed by atoms with Crippen LogP contribution in [-0.4, -0.2) is 15.9 Å². The zero-order valence-corrected chi connectivity index (χ0v) is 15.4. The number of amides is 1. The minimum Gasteiger partial charge on any atom is -0.325 e. The Balaban J connectivity index is 1.71. The zero-order valence-electron chi connectivity index (χ0n) is 14.6. The molecule has 0 aliphatic heterocycles. The van der Waals surface area contributed by atoms with Crippen molar-refractivity contribution < 1.29 is 4.79 Å². The molecule has 1 aromatic carbocycles. The Kier molecular flexibility index (Phi) is 4.95. The molecule has 4 nitrogen and oxygen atoms in total. The third-order valence-corrected chi connectivity index (χ3v) is 4.75. The Labute approximate surface area is 152 Å². The fourth-order valence-corrected chi connectivity index (χ4v) is 3.43. The fourth-order valence-electron chi connectivity index (χ4n) is 2.62. The summed E-state index contributed by atoms with van der Waals surface area (Å²) in [5, 5.41) is 5.84. The van der Waals surface area contributed by atoms with Crippen molar-refractivity contribution in [1.82, 2.24) is 9.97 Å². The van der Waals surface area contributed by atoms with Gasteiger partial charge in [0.05, 0.1) is 12.1 Å². The van der Waals surface area contributed by atoms with Crippen molar-refractivity contribution in [1.29, 1.82) is 0 Å². The van der Waals surface area contributed by atoms with Gasteiger partial charge in [0.25, 0.3) is 0 Å². The van der Waals surface area contributed by atoms with E-state index in [1.54, 1.807) is 12.4 Å². The number of benzene rings is 1. The lowest BCUT2D eigenvalue weighted by molar-refractivity contribution is -0.115. The number of carbonyl (C=O) groups excluding carboxylic acids is 1. The van der Waals surface area contributed by atoms with Crippen LogP contribution in [0.3, 0.4) is 0 Å². The number of pyridine rings is 1. The van der Waals surface area contributed by atoms with Gasteiger partial charge in [-0.15, -0.1) is 11.3 Å². The molecule has 0 atom stereocenters. The summed E-state index contributed by atoms with van der Waals surface area (Å²) in [7, 11) is 0. The van der Waals surface area contributed by atoms with Crippen LogP contribution in [0, 0.1) is 0 Å². The van der Waals surface area contributed by atoms with Gasteiger partial charge in [0.15, 0.2) is 0 Å². The van der Waals surface area contributed by atoms with Crippen molar-refractivity contribution in [3.05, 3.63) is 65.4 Å². The maximum atomic E-state index is 12.4. The lowest BCUT2D eigenvalue weighted by Gasteiger charge is -2.22. The molecule has 0 radical (unpaired) electrons. The number of thiazole rings is 1. The van der Waals surface area contributed by atoms with Gasteiger partial charge >= 0.3 is 0 Å². The normalized spacial score (nSPS) is 11.3. The molecule has 25 heavy (non-hydrogen) atoms. The second-order valence-electron chi connectivity index (χ2n) is 6.91. The van der Waals surface area contributed by atoms with E-state index in [4.69, 9.17) is 0 Å². The standard InChI is InChI=1S/C20H21N3OS/c1-20(2,3)16-8-4-5-9-17(16)23-18(24)11-15-13-25-19(22-15)14-7-6-10-21-12-14/h4-10,12-13H,11H2,1-3H3,(H,23,24). The summed E-state index contributed by atoms with van der Waals surface area (Å²) in [5.74, 6) is -0.0558. The van der Waals surface area contributed by atoms with E-state index in [1.807, 2.05) is 35.7 Å². The van der Waals surface area contributed by atoms with Gasteiger partial charge in [-0.2, -0.15) is 0 Å². The van der Waals surface area contributed by atoms with E-state index in [-0.39, 0.29) is 17.7 Å². The second kappa shape index (κ2) is 7.15. The maximum Gasteiger partial charge on any atom is 0.230 e. The molecular weight excluding hydrogens is 330 g/mol. The lowest BCUT2D eigenvalue weighted by Crippen LogP contribution is -2.20. The van der Waals surface area contributed by atoms with E-state index in [2.05, 4.69) is 42.1 Å². The van der Waals surface area contributed by atoms with Crippen molar-refractivity contribution >= 4 is 22.9 Å². The summed E-state index contributed by atoms with van der Waals surface area (Å²) in [6.07, 6.45) is 3.77. The first kappa shape index (κ1) is 17.3. The number of carbonyl (C=O) groups is 1. The molecule has 3 rings (SSSR count). The molecular formula is C20H21N3OS. The average molecular weight is 351 g/mol. The maximum absolute atomic E-state index is 12.4. The van der Waals surface area contributed by atoms with Crippen LogP contribution < -0.4 is 5.32 Å². The molecule has 128 valence electrons. The fraction of sp³-hybridized carbons (Fsp3) is 0.250. The number of rotatable bonds is 4. The first-order valence-electron chi connectivity index (χ1n) is 8.17. The average Bonchev–Trinajstić information content (AvgIpc) is 3.03. The van der Waals surface area contributed by atoms with Gasteiger partial charge in [-0.25, -0.2) is 4.98 Å². The molecule has 0 aliphatic carbocycles. The molecule has 5 heteroatoms. The Morgan fingerprint density at radius 3 is 2.68 bits per heavy atom. The van der Waals surface area contributed by atoms with Gasteiger partial charge < -0.3 is 5.32 Å². The summed E-state index contributed by atoms with van der Waals surface area (Å²) in [5.41, 5.74) is 3.70. The van der Waals surface area contributed by atoms with Crippen LogP contribution in [-0.2, 0) is 16.6 Å². The summed E-state index contributed by atoms with van der Waals surface area (Å²) in [4.78, 5) is 21.1. The highest BCUT2D eigenvalue weighted by atomic mass is 32.1. The first-order chi connectivity index (χ1) is 11.9. The summed E-state index contributed by atoms with van der Waals surface area (Å²) in [6.45, 7) is 6.41. The third kappa shape index (κ3) is 4.31. The molecule has 0 unspecified atom stereocenters. The van der Waals surface area contributed by atoms with Crippen molar-refractivity contribution in [3.63, 3.8) is 0 Å². The molecule has 0 saturated heterocycles. The van der Waals surface area contributed by atoms with E-state index in [1.165, 1.54) is 11.3 Å². The molecule has 0 aliphatic rings. The van der Waals surface area contributed by atoms with E-state index in [0.717, 1.165) is 27.5 Å². The number of hydrogen-bond acceptors (Lipinski definition) is 4. The van der Waals surface area contributed by atoms with Gasteiger partial charge in [-0.05, 0) is 29.2 Å². The molecule has 0 bridgehead atoms. The molecule has 0 saturated carbocycles. The Morgan fingerprint density at radius 2 is 1.96 bits per heavy atom. The highest BCUT2D eigenvalue weighted by molar-refractivity contribution is 7.13. The van der Waals surface area contributed by atoms with Crippen molar-refractivity contribution in [2.24, 2.45) is 0 Å². The summed E-state index contributed by atoms with van der Waals surface area (Å²) in [6, 6.07) is 11.8. The minimum atomic E-state index is -0.0558. The van der Waals surface area contributed by atoms with Gasteiger partial charge in [0, 0.05) is 29.0 Å². The Morgan fingerprint density at radius 1 is 1.16 bits per heavy atom. The Hall–Kier alpha value is -2.53. The lowest BCUT2D eigenvalue weighted by atomic mass is 9.86. The van der Waals surface area contributed by atoms with Crippen LogP contribution in [0.4, 0.5) is 5.69 Å². The smallest absolute Gasteiger partial charge is 0.230 e. The summed E-state index contributed by atoms with van der Waals surface area (Å²) >= 11 is 1.53. The SMILES string of the molecule is CC(C)(C)c1ccccc1NC(=O)Cc1csc(-c2cccnc2)n1. The van der Waals surface area contributed by atoms with Crippen LogP contribution in [0.25, 0.3) is 10.6 Å². The summed E-state index contributed by atoms with van der Waals surface area (Å²) < 4.78 is 0. The minimum absolute atomic E-state index is 0.0298. The van der Waals surface area contributed by atoms with E-state index < -0.39 is 0 Å². The molecule has 1 N–H and O–H groups in total. The molecule has 0 fully saturated rings. The monoisotopic (exact) mass is 351 g/mol. The van der Waals surface area contributed by atoms with Crippen molar-refractivity contribution in [3.8, 4) is 10.6 Å². The first-order valence-corrected chi connectivity index (χ1v) is 9.05. The highest BCUT2D eigenvalue weighted by Gasteiger charge is 2.19. The highest BCUT2D eigenvalue weighted by Crippen LogP contribution is 2.29. The number of nitrogens with zero attached hydrogens (tertiary/aromatic N) is 2. The van der Waals surface area contributed by atoms with Gasteiger partial charge in [-0.1, -0.05) is 39.0 Å². The van der Waals surface area contributed by atoms with E-state index in [0.29, 0.717) is 0 Å². The van der Waals surface area contributed by atoms with Gasteiger partial charge in [-0.3, -0.25) is 9.78 Å².